The van der Waals surface area contributed by atoms with Crippen LogP contribution < -0.4 is 5.32 Å². The van der Waals surface area contributed by atoms with Crippen molar-refractivity contribution in [1.82, 2.24) is 15.2 Å². The van der Waals surface area contributed by atoms with Gasteiger partial charge in [-0.15, -0.1) is 0 Å². The van der Waals surface area contributed by atoms with Crippen molar-refractivity contribution >= 4 is 11.8 Å². The van der Waals surface area contributed by atoms with Crippen LogP contribution in [-0.2, 0) is 16.1 Å². The standard InChI is InChI=1S/C14H16FN3O2/c15-11-5-10(6-16-7-11)8-18-9-12(19)17-14(13(18)20)3-1-2-4-14/h5-7H,1-4,8-9H2,(H,17,19). The van der Waals surface area contributed by atoms with E-state index in [1.165, 1.54) is 17.2 Å². The second-order valence-corrected chi connectivity index (χ2v) is 5.51. The van der Waals surface area contributed by atoms with Crippen LogP contribution in [0.4, 0.5) is 4.39 Å². The van der Waals surface area contributed by atoms with Gasteiger partial charge in [0.2, 0.25) is 11.8 Å². The lowest BCUT2D eigenvalue weighted by Gasteiger charge is -2.39. The number of amides is 2. The molecule has 0 aromatic carbocycles. The maximum Gasteiger partial charge on any atom is 0.249 e. The van der Waals surface area contributed by atoms with E-state index in [-0.39, 0.29) is 24.9 Å². The minimum absolute atomic E-state index is 0.0249. The molecule has 1 N–H and O–H groups in total. The Balaban J connectivity index is 1.81. The van der Waals surface area contributed by atoms with Gasteiger partial charge in [0.1, 0.15) is 11.4 Å². The molecular formula is C14H16FN3O2. The van der Waals surface area contributed by atoms with E-state index in [0.29, 0.717) is 18.4 Å². The number of aromatic nitrogens is 1. The van der Waals surface area contributed by atoms with Crippen LogP contribution in [0.15, 0.2) is 18.5 Å². The molecule has 0 unspecified atom stereocenters. The molecule has 2 heterocycles. The van der Waals surface area contributed by atoms with E-state index < -0.39 is 11.4 Å². The third-order valence-electron chi connectivity index (χ3n) is 4.00. The molecule has 1 spiro atoms. The van der Waals surface area contributed by atoms with Crippen LogP contribution in [0.3, 0.4) is 0 Å². The highest BCUT2D eigenvalue weighted by molar-refractivity contribution is 5.98. The molecular weight excluding hydrogens is 261 g/mol. The Morgan fingerprint density at radius 3 is 2.75 bits per heavy atom. The number of rotatable bonds is 2. The summed E-state index contributed by atoms with van der Waals surface area (Å²) < 4.78 is 13.1. The minimum atomic E-state index is -0.726. The number of hydrogen-bond acceptors (Lipinski definition) is 3. The molecule has 5 nitrogen and oxygen atoms in total. The third kappa shape index (κ3) is 2.26. The fraction of sp³-hybridized carbons (Fsp3) is 0.500. The van der Waals surface area contributed by atoms with Crippen molar-refractivity contribution in [3.63, 3.8) is 0 Å². The van der Waals surface area contributed by atoms with Gasteiger partial charge in [-0.25, -0.2) is 4.39 Å². The molecule has 6 heteroatoms. The second-order valence-electron chi connectivity index (χ2n) is 5.51. The number of piperazine rings is 1. The normalized spacial score (nSPS) is 21.4. The molecule has 2 amide bonds. The van der Waals surface area contributed by atoms with Crippen molar-refractivity contribution in [3.8, 4) is 0 Å². The first-order valence-corrected chi connectivity index (χ1v) is 6.79. The molecule has 0 radical (unpaired) electrons. The average Bonchev–Trinajstić information content (AvgIpc) is 2.85. The molecule has 1 saturated carbocycles. The van der Waals surface area contributed by atoms with Crippen LogP contribution in [0.25, 0.3) is 0 Å². The maximum absolute atomic E-state index is 13.1. The summed E-state index contributed by atoms with van der Waals surface area (Å²) in [5.74, 6) is -0.637. The predicted octanol–water partition coefficient (Wildman–Crippen LogP) is 0.992. The fourth-order valence-electron chi connectivity index (χ4n) is 3.12. The van der Waals surface area contributed by atoms with Gasteiger partial charge in [-0.1, -0.05) is 12.8 Å². The summed E-state index contributed by atoms with van der Waals surface area (Å²) in [6.45, 7) is 0.246. The first kappa shape index (κ1) is 13.0. The summed E-state index contributed by atoms with van der Waals surface area (Å²) in [6, 6.07) is 1.34. The second kappa shape index (κ2) is 4.85. The molecule has 0 atom stereocenters. The first-order chi connectivity index (χ1) is 9.59. The molecule has 1 aliphatic heterocycles. The summed E-state index contributed by atoms with van der Waals surface area (Å²) in [7, 11) is 0. The number of pyridine rings is 1. The van der Waals surface area contributed by atoms with E-state index in [4.69, 9.17) is 0 Å². The van der Waals surface area contributed by atoms with E-state index >= 15 is 0 Å². The quantitative estimate of drug-likeness (QED) is 0.877. The largest absolute Gasteiger partial charge is 0.340 e. The van der Waals surface area contributed by atoms with Crippen molar-refractivity contribution < 1.29 is 14.0 Å². The van der Waals surface area contributed by atoms with Gasteiger partial charge in [0.25, 0.3) is 0 Å². The van der Waals surface area contributed by atoms with Crippen molar-refractivity contribution in [3.05, 3.63) is 29.8 Å². The fourth-order valence-corrected chi connectivity index (χ4v) is 3.12. The van der Waals surface area contributed by atoms with Crippen LogP contribution >= 0.6 is 0 Å². The van der Waals surface area contributed by atoms with Gasteiger partial charge in [0.05, 0.1) is 12.7 Å². The van der Waals surface area contributed by atoms with E-state index in [9.17, 15) is 14.0 Å². The zero-order valence-corrected chi connectivity index (χ0v) is 11.1. The lowest BCUT2D eigenvalue weighted by Crippen LogP contribution is -2.65. The number of nitrogens with zero attached hydrogens (tertiary/aromatic N) is 2. The van der Waals surface area contributed by atoms with Crippen LogP contribution in [0, 0.1) is 5.82 Å². The predicted molar refractivity (Wildman–Crippen MR) is 69.0 cm³/mol. The molecule has 1 aromatic rings. The van der Waals surface area contributed by atoms with E-state index in [1.807, 2.05) is 0 Å². The van der Waals surface area contributed by atoms with Gasteiger partial charge in [0.15, 0.2) is 0 Å². The highest BCUT2D eigenvalue weighted by Gasteiger charge is 2.48. The molecule has 3 rings (SSSR count). The molecule has 2 aliphatic rings. The lowest BCUT2D eigenvalue weighted by molar-refractivity contribution is -0.150. The number of halogens is 1. The molecule has 1 aromatic heterocycles. The van der Waals surface area contributed by atoms with Gasteiger partial charge in [0, 0.05) is 12.7 Å². The van der Waals surface area contributed by atoms with Crippen LogP contribution in [-0.4, -0.2) is 33.8 Å². The Morgan fingerprint density at radius 1 is 1.30 bits per heavy atom. The number of hydrogen-bond donors (Lipinski definition) is 1. The van der Waals surface area contributed by atoms with Crippen molar-refractivity contribution in [2.24, 2.45) is 0 Å². The average molecular weight is 277 g/mol. The van der Waals surface area contributed by atoms with E-state index in [2.05, 4.69) is 10.3 Å². The molecule has 106 valence electrons. The van der Waals surface area contributed by atoms with Gasteiger partial charge < -0.3 is 10.2 Å². The highest BCUT2D eigenvalue weighted by Crippen LogP contribution is 2.33. The topological polar surface area (TPSA) is 62.3 Å². The Hall–Kier alpha value is -1.98. The first-order valence-electron chi connectivity index (χ1n) is 6.79. The summed E-state index contributed by atoms with van der Waals surface area (Å²) >= 11 is 0. The van der Waals surface area contributed by atoms with E-state index in [1.54, 1.807) is 0 Å². The summed E-state index contributed by atoms with van der Waals surface area (Å²) in [5, 5.41) is 2.85. The third-order valence-corrected chi connectivity index (χ3v) is 4.00. The van der Waals surface area contributed by atoms with Gasteiger partial charge in [-0.05, 0) is 24.5 Å². The van der Waals surface area contributed by atoms with Crippen LogP contribution in [0.1, 0.15) is 31.2 Å². The Morgan fingerprint density at radius 2 is 2.05 bits per heavy atom. The molecule has 1 saturated heterocycles. The molecule has 0 bridgehead atoms. The zero-order chi connectivity index (χ0) is 14.2. The summed E-state index contributed by atoms with van der Waals surface area (Å²) in [4.78, 5) is 29.7. The minimum Gasteiger partial charge on any atom is -0.340 e. The molecule has 20 heavy (non-hydrogen) atoms. The van der Waals surface area contributed by atoms with Gasteiger partial charge in [-0.3, -0.25) is 14.6 Å². The Kier molecular flexibility index (Phi) is 3.16. The monoisotopic (exact) mass is 277 g/mol. The van der Waals surface area contributed by atoms with Gasteiger partial charge >= 0.3 is 0 Å². The smallest absolute Gasteiger partial charge is 0.249 e. The van der Waals surface area contributed by atoms with Crippen LogP contribution in [0.2, 0.25) is 0 Å². The zero-order valence-electron chi connectivity index (χ0n) is 11.1. The summed E-state index contributed by atoms with van der Waals surface area (Å²) in [6.07, 6.45) is 5.91. The van der Waals surface area contributed by atoms with Gasteiger partial charge in [-0.2, -0.15) is 0 Å². The van der Waals surface area contributed by atoms with Crippen molar-refractivity contribution in [2.75, 3.05) is 6.54 Å². The highest BCUT2D eigenvalue weighted by atomic mass is 19.1. The number of nitrogens with one attached hydrogen (secondary N) is 1. The maximum atomic E-state index is 13.1. The summed E-state index contributed by atoms with van der Waals surface area (Å²) in [5.41, 5.74) is -0.128. The number of carbonyl (C=O) groups excluding carboxylic acids is 2. The molecule has 2 fully saturated rings. The Bertz CT molecular complexity index is 555. The molecule has 1 aliphatic carbocycles. The van der Waals surface area contributed by atoms with E-state index in [0.717, 1.165) is 19.0 Å². The van der Waals surface area contributed by atoms with Crippen molar-refractivity contribution in [2.45, 2.75) is 37.8 Å². The van der Waals surface area contributed by atoms with Crippen molar-refractivity contribution in [1.29, 1.82) is 0 Å². The SMILES string of the molecule is O=C1CN(Cc2cncc(F)c2)C(=O)C2(CCCC2)N1. The lowest BCUT2D eigenvalue weighted by atomic mass is 9.93. The Labute approximate surface area is 116 Å². The van der Waals surface area contributed by atoms with Crippen LogP contribution in [0.5, 0.6) is 0 Å². The number of carbonyl (C=O) groups is 2.